The van der Waals surface area contributed by atoms with Gasteiger partial charge in [-0.05, 0) is 38.3 Å². The predicted molar refractivity (Wildman–Crippen MR) is 67.1 cm³/mol. The van der Waals surface area contributed by atoms with E-state index in [9.17, 15) is 9.59 Å². The summed E-state index contributed by atoms with van der Waals surface area (Å²) in [5.41, 5.74) is 0. The number of hydrogen-bond acceptors (Lipinski definition) is 3. The number of rotatable bonds is 4. The van der Waals surface area contributed by atoms with E-state index in [1.807, 2.05) is 0 Å². The summed E-state index contributed by atoms with van der Waals surface area (Å²) in [5.74, 6) is -0.745. The van der Waals surface area contributed by atoms with Crippen molar-refractivity contribution in [1.29, 1.82) is 0 Å². The highest BCUT2D eigenvalue weighted by Crippen LogP contribution is 2.25. The summed E-state index contributed by atoms with van der Waals surface area (Å²) in [6.07, 6.45) is 5.02. The number of carbonyl (C=O) groups excluding carboxylic acids is 1. The molecule has 0 aromatic rings. The lowest BCUT2D eigenvalue weighted by Crippen LogP contribution is -2.45. The van der Waals surface area contributed by atoms with Gasteiger partial charge in [0.1, 0.15) is 0 Å². The van der Waals surface area contributed by atoms with Crippen LogP contribution in [-0.4, -0.2) is 36.1 Å². The molecule has 3 N–H and O–H groups in total. The fraction of sp³-hybridized carbons (Fsp3) is 0.846. The Kier molecular flexibility index (Phi) is 4.58. The minimum atomic E-state index is -0.775. The van der Waals surface area contributed by atoms with Gasteiger partial charge in [-0.3, -0.25) is 9.59 Å². The van der Waals surface area contributed by atoms with Gasteiger partial charge in [0.2, 0.25) is 5.91 Å². The average molecular weight is 254 g/mol. The monoisotopic (exact) mass is 254 g/mol. The van der Waals surface area contributed by atoms with Crippen LogP contribution in [0, 0.1) is 11.8 Å². The Morgan fingerprint density at radius 3 is 2.67 bits per heavy atom. The van der Waals surface area contributed by atoms with Crippen LogP contribution in [0.2, 0.25) is 0 Å². The largest absolute Gasteiger partial charge is 0.481 e. The maximum atomic E-state index is 11.9. The van der Waals surface area contributed by atoms with Gasteiger partial charge in [0.05, 0.1) is 5.92 Å². The fourth-order valence-electron chi connectivity index (χ4n) is 3.02. The number of carboxylic acid groups (broad SMARTS) is 1. The van der Waals surface area contributed by atoms with Gasteiger partial charge in [0, 0.05) is 12.5 Å². The van der Waals surface area contributed by atoms with Crippen molar-refractivity contribution in [2.24, 2.45) is 11.8 Å². The molecule has 3 atom stereocenters. The van der Waals surface area contributed by atoms with Crippen LogP contribution in [0.25, 0.3) is 0 Å². The normalized spacial score (nSPS) is 32.1. The van der Waals surface area contributed by atoms with Crippen molar-refractivity contribution in [1.82, 2.24) is 10.6 Å². The average Bonchev–Trinajstić information content (AvgIpc) is 2.82. The van der Waals surface area contributed by atoms with E-state index in [0.29, 0.717) is 18.8 Å². The van der Waals surface area contributed by atoms with Crippen molar-refractivity contribution in [3.05, 3.63) is 0 Å². The zero-order valence-corrected chi connectivity index (χ0v) is 10.7. The molecule has 1 amide bonds. The molecule has 0 bridgehead atoms. The van der Waals surface area contributed by atoms with E-state index in [-0.39, 0.29) is 11.9 Å². The second kappa shape index (κ2) is 6.18. The molecular formula is C13H22N2O3. The van der Waals surface area contributed by atoms with Gasteiger partial charge in [-0.25, -0.2) is 0 Å². The summed E-state index contributed by atoms with van der Waals surface area (Å²) in [4.78, 5) is 23.0. The molecule has 0 spiro atoms. The highest BCUT2D eigenvalue weighted by Gasteiger charge is 2.32. The lowest BCUT2D eigenvalue weighted by Gasteiger charge is -2.29. The number of carbonyl (C=O) groups is 2. The molecular weight excluding hydrogens is 232 g/mol. The summed E-state index contributed by atoms with van der Waals surface area (Å²) in [6, 6.07) is -0.168. The molecule has 5 heteroatoms. The first kappa shape index (κ1) is 13.3. The van der Waals surface area contributed by atoms with Crippen LogP contribution in [0.15, 0.2) is 0 Å². The van der Waals surface area contributed by atoms with Crippen molar-refractivity contribution in [3.63, 3.8) is 0 Å². The van der Waals surface area contributed by atoms with Gasteiger partial charge in [-0.1, -0.05) is 12.8 Å². The van der Waals surface area contributed by atoms with Crippen LogP contribution in [0.4, 0.5) is 0 Å². The van der Waals surface area contributed by atoms with Crippen LogP contribution in [0.5, 0.6) is 0 Å². The fourth-order valence-corrected chi connectivity index (χ4v) is 3.02. The van der Waals surface area contributed by atoms with Crippen molar-refractivity contribution in [2.75, 3.05) is 13.1 Å². The lowest BCUT2D eigenvalue weighted by atomic mass is 9.84. The van der Waals surface area contributed by atoms with Crippen molar-refractivity contribution in [3.8, 4) is 0 Å². The summed E-state index contributed by atoms with van der Waals surface area (Å²) in [6.45, 7) is 1.89. The Hall–Kier alpha value is -1.10. The van der Waals surface area contributed by atoms with Crippen molar-refractivity contribution in [2.45, 2.75) is 44.6 Å². The van der Waals surface area contributed by atoms with E-state index in [4.69, 9.17) is 5.11 Å². The van der Waals surface area contributed by atoms with Crippen LogP contribution in [-0.2, 0) is 9.59 Å². The standard InChI is InChI=1S/C13H22N2O3/c16-12(7-9-5-6-14-8-9)15-11-4-2-1-3-10(11)13(17)18/h9-11,14H,1-8H2,(H,15,16)(H,17,18). The molecule has 1 heterocycles. The molecule has 1 saturated carbocycles. The van der Waals surface area contributed by atoms with Crippen LogP contribution < -0.4 is 10.6 Å². The number of hydrogen-bond donors (Lipinski definition) is 3. The minimum absolute atomic E-state index is 0.0156. The maximum Gasteiger partial charge on any atom is 0.308 e. The quantitative estimate of drug-likeness (QED) is 0.691. The smallest absolute Gasteiger partial charge is 0.308 e. The Morgan fingerprint density at radius 1 is 1.22 bits per heavy atom. The van der Waals surface area contributed by atoms with Gasteiger partial charge in [-0.2, -0.15) is 0 Å². The molecule has 1 aliphatic carbocycles. The van der Waals surface area contributed by atoms with E-state index >= 15 is 0 Å². The second-order valence-corrected chi connectivity index (χ2v) is 5.47. The van der Waals surface area contributed by atoms with E-state index < -0.39 is 11.9 Å². The summed E-state index contributed by atoms with van der Waals surface area (Å²) in [7, 11) is 0. The van der Waals surface area contributed by atoms with E-state index in [1.54, 1.807) is 0 Å². The van der Waals surface area contributed by atoms with Crippen molar-refractivity contribution >= 4 is 11.9 Å². The van der Waals surface area contributed by atoms with E-state index in [0.717, 1.165) is 38.8 Å². The van der Waals surface area contributed by atoms with Crippen LogP contribution >= 0.6 is 0 Å². The molecule has 0 aromatic heterocycles. The third-order valence-corrected chi connectivity index (χ3v) is 4.07. The molecule has 102 valence electrons. The number of carboxylic acids is 1. The van der Waals surface area contributed by atoms with Gasteiger partial charge >= 0.3 is 5.97 Å². The second-order valence-electron chi connectivity index (χ2n) is 5.47. The zero-order valence-electron chi connectivity index (χ0n) is 10.7. The highest BCUT2D eigenvalue weighted by atomic mass is 16.4. The molecule has 2 rings (SSSR count). The molecule has 1 aliphatic heterocycles. The Bertz CT molecular complexity index is 313. The third kappa shape index (κ3) is 3.45. The topological polar surface area (TPSA) is 78.4 Å². The molecule has 5 nitrogen and oxygen atoms in total. The Labute approximate surface area is 107 Å². The third-order valence-electron chi connectivity index (χ3n) is 4.07. The Balaban J connectivity index is 1.82. The van der Waals surface area contributed by atoms with Gasteiger partial charge in [-0.15, -0.1) is 0 Å². The van der Waals surface area contributed by atoms with E-state index in [1.165, 1.54) is 0 Å². The molecule has 2 fully saturated rings. The number of nitrogens with one attached hydrogen (secondary N) is 2. The number of amides is 1. The molecule has 0 aromatic carbocycles. The summed E-state index contributed by atoms with van der Waals surface area (Å²) >= 11 is 0. The molecule has 1 saturated heterocycles. The predicted octanol–water partition coefficient (Wildman–Crippen LogP) is 0.746. The summed E-state index contributed by atoms with van der Waals surface area (Å²) in [5, 5.41) is 15.3. The van der Waals surface area contributed by atoms with Gasteiger partial charge < -0.3 is 15.7 Å². The SMILES string of the molecule is O=C(CC1CCNC1)NC1CCCCC1C(=O)O. The molecule has 18 heavy (non-hydrogen) atoms. The zero-order chi connectivity index (χ0) is 13.0. The minimum Gasteiger partial charge on any atom is -0.481 e. The molecule has 3 unspecified atom stereocenters. The van der Waals surface area contributed by atoms with E-state index in [2.05, 4.69) is 10.6 Å². The van der Waals surface area contributed by atoms with Crippen LogP contribution in [0.3, 0.4) is 0 Å². The first-order chi connectivity index (χ1) is 8.66. The van der Waals surface area contributed by atoms with Crippen molar-refractivity contribution < 1.29 is 14.7 Å². The number of aliphatic carboxylic acids is 1. The van der Waals surface area contributed by atoms with Gasteiger partial charge in [0.25, 0.3) is 0 Å². The summed E-state index contributed by atoms with van der Waals surface area (Å²) < 4.78 is 0. The van der Waals surface area contributed by atoms with Gasteiger partial charge in [0.15, 0.2) is 0 Å². The first-order valence-electron chi connectivity index (χ1n) is 6.89. The van der Waals surface area contributed by atoms with Crippen LogP contribution in [0.1, 0.15) is 38.5 Å². The Morgan fingerprint density at radius 2 is 2.00 bits per heavy atom. The lowest BCUT2D eigenvalue weighted by molar-refractivity contribution is -0.144. The first-order valence-corrected chi connectivity index (χ1v) is 6.89. The highest BCUT2D eigenvalue weighted by molar-refractivity contribution is 5.78. The maximum absolute atomic E-state index is 11.9. The molecule has 0 radical (unpaired) electrons. The molecule has 2 aliphatic rings.